The van der Waals surface area contributed by atoms with Crippen molar-refractivity contribution < 1.29 is 9.21 Å². The molecule has 1 aromatic heterocycles. The Kier molecular flexibility index (Phi) is 5.83. The van der Waals surface area contributed by atoms with E-state index < -0.39 is 0 Å². The summed E-state index contributed by atoms with van der Waals surface area (Å²) >= 11 is 3.42. The van der Waals surface area contributed by atoms with Crippen molar-refractivity contribution in [2.45, 2.75) is 19.9 Å². The molecule has 1 saturated heterocycles. The van der Waals surface area contributed by atoms with Crippen LogP contribution in [0, 0.1) is 6.92 Å². The van der Waals surface area contributed by atoms with Crippen LogP contribution in [0.5, 0.6) is 0 Å². The highest BCUT2D eigenvalue weighted by molar-refractivity contribution is 9.10. The number of aryl methyl sites for hydroxylation is 1. The minimum absolute atomic E-state index is 0.176. The van der Waals surface area contributed by atoms with E-state index in [1.807, 2.05) is 54.3 Å². The Balaban J connectivity index is 1.40. The largest absolute Gasteiger partial charge is 0.423 e. The third-order valence-electron chi connectivity index (χ3n) is 5.51. The SMILES string of the molecule is Cc1ccccc1CC(=O)N1CCN(Cc2cc(=O)oc3cc(Br)ccc23)CC1. The zero-order valence-corrected chi connectivity index (χ0v) is 17.9. The average molecular weight is 455 g/mol. The number of benzene rings is 2. The van der Waals surface area contributed by atoms with Crippen LogP contribution in [0.15, 0.2) is 62.2 Å². The van der Waals surface area contributed by atoms with Gasteiger partial charge >= 0.3 is 5.63 Å². The number of fused-ring (bicyclic) bond motifs is 1. The minimum atomic E-state index is -0.336. The van der Waals surface area contributed by atoms with E-state index in [2.05, 4.69) is 20.8 Å². The number of amides is 1. The standard InChI is InChI=1S/C23H23BrN2O3/c1-16-4-2-3-5-17(16)12-22(27)26-10-8-25(9-11-26)15-18-13-23(28)29-21-14-19(24)6-7-20(18)21/h2-7,13-14H,8-12,15H2,1H3. The molecule has 3 aromatic rings. The molecule has 29 heavy (non-hydrogen) atoms. The monoisotopic (exact) mass is 454 g/mol. The van der Waals surface area contributed by atoms with Gasteiger partial charge in [-0.2, -0.15) is 0 Å². The van der Waals surface area contributed by atoms with Gasteiger partial charge in [0.15, 0.2) is 0 Å². The molecule has 4 rings (SSSR count). The van der Waals surface area contributed by atoms with Gasteiger partial charge in [0.25, 0.3) is 0 Å². The summed E-state index contributed by atoms with van der Waals surface area (Å²) in [6.45, 7) is 5.70. The maximum absolute atomic E-state index is 12.7. The Morgan fingerprint density at radius 2 is 1.79 bits per heavy atom. The van der Waals surface area contributed by atoms with E-state index in [4.69, 9.17) is 4.42 Å². The van der Waals surface area contributed by atoms with Crippen LogP contribution in [0.25, 0.3) is 11.0 Å². The Morgan fingerprint density at radius 3 is 2.55 bits per heavy atom. The predicted octanol–water partition coefficient (Wildman–Crippen LogP) is 3.75. The summed E-state index contributed by atoms with van der Waals surface area (Å²) in [6.07, 6.45) is 0.450. The number of carbonyl (C=O) groups is 1. The first-order valence-electron chi connectivity index (χ1n) is 9.76. The lowest BCUT2D eigenvalue weighted by molar-refractivity contribution is -0.132. The van der Waals surface area contributed by atoms with Gasteiger partial charge in [-0.15, -0.1) is 0 Å². The van der Waals surface area contributed by atoms with Gasteiger partial charge in [-0.05, 0) is 41.8 Å². The first-order valence-corrected chi connectivity index (χ1v) is 10.6. The Labute approximate surface area is 178 Å². The van der Waals surface area contributed by atoms with Crippen molar-refractivity contribution >= 4 is 32.8 Å². The van der Waals surface area contributed by atoms with E-state index in [1.165, 1.54) is 0 Å². The number of hydrogen-bond acceptors (Lipinski definition) is 4. The molecule has 1 aliphatic rings. The van der Waals surface area contributed by atoms with Crippen LogP contribution in [0.3, 0.4) is 0 Å². The second-order valence-corrected chi connectivity index (χ2v) is 8.41. The Morgan fingerprint density at radius 1 is 1.03 bits per heavy atom. The molecule has 2 aromatic carbocycles. The number of halogens is 1. The number of nitrogens with zero attached hydrogens (tertiary/aromatic N) is 2. The van der Waals surface area contributed by atoms with Gasteiger partial charge < -0.3 is 9.32 Å². The molecular formula is C23H23BrN2O3. The van der Waals surface area contributed by atoms with E-state index in [9.17, 15) is 9.59 Å². The van der Waals surface area contributed by atoms with E-state index in [0.717, 1.165) is 39.6 Å². The zero-order chi connectivity index (χ0) is 20.4. The molecule has 0 radical (unpaired) electrons. The number of piperazine rings is 1. The second kappa shape index (κ2) is 8.51. The lowest BCUT2D eigenvalue weighted by atomic mass is 10.0. The van der Waals surface area contributed by atoms with Crippen molar-refractivity contribution in [3.63, 3.8) is 0 Å². The first kappa shape index (κ1) is 19.9. The quantitative estimate of drug-likeness (QED) is 0.563. The van der Waals surface area contributed by atoms with E-state index >= 15 is 0 Å². The molecule has 1 aliphatic heterocycles. The van der Waals surface area contributed by atoms with Crippen LogP contribution < -0.4 is 5.63 Å². The summed E-state index contributed by atoms with van der Waals surface area (Å²) in [5, 5.41) is 0.950. The highest BCUT2D eigenvalue weighted by atomic mass is 79.9. The molecule has 0 atom stereocenters. The molecule has 5 nitrogen and oxygen atoms in total. The van der Waals surface area contributed by atoms with Crippen LogP contribution in [-0.4, -0.2) is 41.9 Å². The zero-order valence-electron chi connectivity index (χ0n) is 16.4. The summed E-state index contributed by atoms with van der Waals surface area (Å²) in [5.74, 6) is 0.176. The highest BCUT2D eigenvalue weighted by Crippen LogP contribution is 2.23. The molecule has 1 amide bonds. The number of carbonyl (C=O) groups excluding carboxylic acids is 1. The van der Waals surface area contributed by atoms with Crippen molar-refractivity contribution in [2.24, 2.45) is 0 Å². The summed E-state index contributed by atoms with van der Waals surface area (Å²) < 4.78 is 6.21. The number of rotatable bonds is 4. The number of hydrogen-bond donors (Lipinski definition) is 0. The maximum Gasteiger partial charge on any atom is 0.336 e. The fourth-order valence-corrected chi connectivity index (χ4v) is 4.15. The van der Waals surface area contributed by atoms with E-state index in [0.29, 0.717) is 31.6 Å². The molecule has 0 aliphatic carbocycles. The minimum Gasteiger partial charge on any atom is -0.423 e. The van der Waals surface area contributed by atoms with Gasteiger partial charge in [0.1, 0.15) is 5.58 Å². The molecule has 0 N–H and O–H groups in total. The Bertz CT molecular complexity index is 1100. The average Bonchev–Trinajstić information content (AvgIpc) is 2.69. The van der Waals surface area contributed by atoms with Crippen molar-refractivity contribution in [3.05, 3.63) is 80.1 Å². The lowest BCUT2D eigenvalue weighted by Crippen LogP contribution is -2.48. The molecule has 6 heteroatoms. The fraction of sp³-hybridized carbons (Fsp3) is 0.304. The third kappa shape index (κ3) is 4.60. The molecule has 2 heterocycles. The van der Waals surface area contributed by atoms with E-state index in [-0.39, 0.29) is 11.5 Å². The molecule has 0 saturated carbocycles. The second-order valence-electron chi connectivity index (χ2n) is 7.49. The summed E-state index contributed by atoms with van der Waals surface area (Å²) in [6, 6.07) is 15.4. The van der Waals surface area contributed by atoms with Crippen molar-refractivity contribution in [1.29, 1.82) is 0 Å². The summed E-state index contributed by atoms with van der Waals surface area (Å²) in [7, 11) is 0. The normalized spacial score (nSPS) is 15.0. The smallest absolute Gasteiger partial charge is 0.336 e. The lowest BCUT2D eigenvalue weighted by Gasteiger charge is -2.35. The summed E-state index contributed by atoms with van der Waals surface area (Å²) in [4.78, 5) is 28.9. The summed E-state index contributed by atoms with van der Waals surface area (Å²) in [5.41, 5.74) is 3.46. The molecular weight excluding hydrogens is 432 g/mol. The van der Waals surface area contributed by atoms with Gasteiger partial charge in [-0.3, -0.25) is 9.69 Å². The topological polar surface area (TPSA) is 53.8 Å². The first-order chi connectivity index (χ1) is 14.0. The van der Waals surface area contributed by atoms with E-state index in [1.54, 1.807) is 6.07 Å². The maximum atomic E-state index is 12.7. The predicted molar refractivity (Wildman–Crippen MR) is 117 cm³/mol. The van der Waals surface area contributed by atoms with Crippen molar-refractivity contribution in [3.8, 4) is 0 Å². The third-order valence-corrected chi connectivity index (χ3v) is 6.01. The Hall–Kier alpha value is -2.44. The fourth-order valence-electron chi connectivity index (χ4n) is 3.81. The molecule has 0 spiro atoms. The van der Waals surface area contributed by atoms with Gasteiger partial charge in [0.05, 0.1) is 6.42 Å². The van der Waals surface area contributed by atoms with Crippen LogP contribution in [0.4, 0.5) is 0 Å². The van der Waals surface area contributed by atoms with Gasteiger partial charge in [0.2, 0.25) is 5.91 Å². The van der Waals surface area contributed by atoms with Crippen LogP contribution in [0.1, 0.15) is 16.7 Å². The molecule has 0 unspecified atom stereocenters. The van der Waals surface area contributed by atoms with Crippen LogP contribution >= 0.6 is 15.9 Å². The highest BCUT2D eigenvalue weighted by Gasteiger charge is 2.22. The van der Waals surface area contributed by atoms with Crippen molar-refractivity contribution in [1.82, 2.24) is 9.80 Å². The van der Waals surface area contributed by atoms with Crippen LogP contribution in [0.2, 0.25) is 0 Å². The van der Waals surface area contributed by atoms with Crippen molar-refractivity contribution in [2.75, 3.05) is 26.2 Å². The van der Waals surface area contributed by atoms with Crippen LogP contribution in [-0.2, 0) is 17.8 Å². The van der Waals surface area contributed by atoms with Gasteiger partial charge in [-0.25, -0.2) is 4.79 Å². The molecule has 0 bridgehead atoms. The molecule has 150 valence electrons. The van der Waals surface area contributed by atoms with Gasteiger partial charge in [0, 0.05) is 48.6 Å². The molecule has 1 fully saturated rings. The van der Waals surface area contributed by atoms with Gasteiger partial charge in [-0.1, -0.05) is 40.2 Å².